The maximum absolute atomic E-state index is 14.7. The molecule has 2 N–H and O–H groups in total. The molecule has 0 spiro atoms. The van der Waals surface area contributed by atoms with Gasteiger partial charge in [0.15, 0.2) is 23.0 Å². The number of ketones is 1. The van der Waals surface area contributed by atoms with E-state index in [-0.39, 0.29) is 29.9 Å². The lowest BCUT2D eigenvalue weighted by molar-refractivity contribution is -0.177. The number of carbonyl (C=O) groups excluding carboxylic acids is 3. The summed E-state index contributed by atoms with van der Waals surface area (Å²) in [4.78, 5) is 43.8. The van der Waals surface area contributed by atoms with Crippen LogP contribution in [-0.4, -0.2) is 63.2 Å². The molecule has 6 unspecified atom stereocenters. The number of hydrogen-bond acceptors (Lipinski definition) is 6. The van der Waals surface area contributed by atoms with Gasteiger partial charge in [-0.3, -0.25) is 14.4 Å². The molecule has 5 aliphatic rings. The molecule has 2 saturated carbocycles. The molecule has 0 radical (unpaired) electrons. The van der Waals surface area contributed by atoms with Crippen molar-refractivity contribution in [3.63, 3.8) is 0 Å². The van der Waals surface area contributed by atoms with E-state index in [1.807, 2.05) is 53.7 Å². The molecule has 276 valence electrons. The zero-order valence-electron chi connectivity index (χ0n) is 30.9. The maximum Gasteiger partial charge on any atom is 0.313 e. The van der Waals surface area contributed by atoms with Crippen molar-refractivity contribution in [2.24, 2.45) is 16.2 Å². The van der Waals surface area contributed by atoms with E-state index in [0.717, 1.165) is 23.3 Å². The topological polar surface area (TPSA) is 104 Å². The zero-order valence-corrected chi connectivity index (χ0v) is 30.9. The van der Waals surface area contributed by atoms with Crippen LogP contribution in [0.4, 0.5) is 8.78 Å². The second kappa shape index (κ2) is 13.2. The van der Waals surface area contributed by atoms with Gasteiger partial charge in [-0.05, 0) is 119 Å². The van der Waals surface area contributed by atoms with Crippen molar-refractivity contribution in [2.45, 2.75) is 129 Å². The van der Waals surface area contributed by atoms with Crippen LogP contribution in [-0.2, 0) is 20.7 Å². The van der Waals surface area contributed by atoms with E-state index in [4.69, 9.17) is 4.74 Å². The molecule has 0 aromatic heterocycles. The molecule has 3 fully saturated rings. The molecule has 51 heavy (non-hydrogen) atoms. The summed E-state index contributed by atoms with van der Waals surface area (Å²) in [6, 6.07) is 8.70. The Labute approximate surface area is 300 Å². The molecule has 1 heterocycles. The predicted octanol–water partition coefficient (Wildman–Crippen LogP) is 7.59. The number of fused-ring (bicyclic) bond motifs is 10. The molecule has 6 atom stereocenters. The van der Waals surface area contributed by atoms with Crippen LogP contribution in [0, 0.1) is 27.9 Å². The summed E-state index contributed by atoms with van der Waals surface area (Å²) in [5.74, 6) is -3.56. The molecule has 9 heteroatoms. The van der Waals surface area contributed by atoms with Crippen molar-refractivity contribution < 1.29 is 38.1 Å². The number of allylic oxidation sites excluding steroid dienone is 2. The van der Waals surface area contributed by atoms with Crippen molar-refractivity contribution in [1.29, 1.82) is 0 Å². The predicted molar refractivity (Wildman–Crippen MR) is 190 cm³/mol. The monoisotopic (exact) mass is 705 g/mol. The first-order valence-corrected chi connectivity index (χ1v) is 18.6. The highest BCUT2D eigenvalue weighted by Crippen LogP contribution is 2.66. The van der Waals surface area contributed by atoms with E-state index >= 15 is 0 Å². The first-order chi connectivity index (χ1) is 23.9. The summed E-state index contributed by atoms with van der Waals surface area (Å²) >= 11 is 0. The largest absolute Gasteiger partial charge is 0.448 e. The average Bonchev–Trinajstić information content (AvgIpc) is 3.51. The lowest BCUT2D eigenvalue weighted by Crippen LogP contribution is -2.60. The fraction of sp³-hybridized carbons (Fsp3) is 0.595. The van der Waals surface area contributed by atoms with Crippen molar-refractivity contribution in [3.8, 4) is 0 Å². The first-order valence-electron chi connectivity index (χ1n) is 18.6. The van der Waals surface area contributed by atoms with E-state index in [9.17, 15) is 33.4 Å². The number of benzene rings is 2. The zero-order chi connectivity index (χ0) is 37.1. The van der Waals surface area contributed by atoms with Gasteiger partial charge in [0, 0.05) is 28.5 Å². The fourth-order valence-electron chi connectivity index (χ4n) is 9.80. The molecular weight excluding hydrogens is 652 g/mol. The highest BCUT2D eigenvalue weighted by atomic mass is 19.2. The number of esters is 1. The Morgan fingerprint density at radius 1 is 0.980 bits per heavy atom. The molecule has 7 rings (SSSR count). The minimum Gasteiger partial charge on any atom is -0.448 e. The van der Waals surface area contributed by atoms with Crippen molar-refractivity contribution in [1.82, 2.24) is 4.90 Å². The molecular formula is C42H53F2NO6. The minimum atomic E-state index is -1.37. The number of rotatable bonds is 7. The van der Waals surface area contributed by atoms with Crippen molar-refractivity contribution >= 4 is 17.7 Å². The van der Waals surface area contributed by atoms with Crippen molar-refractivity contribution in [3.05, 3.63) is 81.9 Å². The van der Waals surface area contributed by atoms with Crippen LogP contribution in [0.1, 0.15) is 132 Å². The third kappa shape index (κ3) is 5.87. The van der Waals surface area contributed by atoms with Crippen LogP contribution < -0.4 is 0 Å². The maximum atomic E-state index is 14.7. The van der Waals surface area contributed by atoms with E-state index in [1.54, 1.807) is 11.0 Å². The third-order valence-electron chi connectivity index (χ3n) is 13.8. The van der Waals surface area contributed by atoms with Gasteiger partial charge >= 0.3 is 5.97 Å². The summed E-state index contributed by atoms with van der Waals surface area (Å²) in [5.41, 5.74) is -2.07. The van der Waals surface area contributed by atoms with Gasteiger partial charge in [-0.2, -0.15) is 0 Å². The lowest BCUT2D eigenvalue weighted by atomic mass is 9.64. The number of aliphatic hydroxyl groups excluding tert-OH is 1. The average molecular weight is 706 g/mol. The smallest absolute Gasteiger partial charge is 0.313 e. The summed E-state index contributed by atoms with van der Waals surface area (Å²) in [7, 11) is 0. The summed E-state index contributed by atoms with van der Waals surface area (Å²) in [6.45, 7) is 12.3. The van der Waals surface area contributed by atoms with Crippen LogP contribution >= 0.6 is 0 Å². The number of nitrogens with zero attached hydrogens (tertiary/aromatic N) is 1. The van der Waals surface area contributed by atoms with Crippen LogP contribution in [0.3, 0.4) is 0 Å². The van der Waals surface area contributed by atoms with Gasteiger partial charge in [0.05, 0.1) is 23.7 Å². The molecule has 2 aromatic rings. The van der Waals surface area contributed by atoms with Gasteiger partial charge in [0.25, 0.3) is 5.91 Å². The number of ether oxygens (including phenoxy) is 1. The van der Waals surface area contributed by atoms with Gasteiger partial charge in [0.2, 0.25) is 0 Å². The minimum absolute atomic E-state index is 0.0127. The van der Waals surface area contributed by atoms with Crippen LogP contribution in [0.15, 0.2) is 48.0 Å². The third-order valence-corrected chi connectivity index (χ3v) is 13.8. The molecule has 4 aliphatic carbocycles. The van der Waals surface area contributed by atoms with Crippen LogP contribution in [0.5, 0.6) is 0 Å². The van der Waals surface area contributed by atoms with Crippen molar-refractivity contribution in [2.75, 3.05) is 13.1 Å². The summed E-state index contributed by atoms with van der Waals surface area (Å²) in [5, 5.41) is 23.9. The first kappa shape index (κ1) is 37.3. The van der Waals surface area contributed by atoms with Gasteiger partial charge in [-0.25, -0.2) is 8.78 Å². The molecule has 2 aromatic carbocycles. The normalized spacial score (nSPS) is 33.0. The Morgan fingerprint density at radius 2 is 1.73 bits per heavy atom. The fourth-order valence-corrected chi connectivity index (χ4v) is 9.80. The van der Waals surface area contributed by atoms with E-state index in [2.05, 4.69) is 6.08 Å². The highest BCUT2D eigenvalue weighted by Gasteiger charge is 2.76. The van der Waals surface area contributed by atoms with Gasteiger partial charge in [-0.15, -0.1) is 0 Å². The SMILES string of the molecule is CCCN(CC1(O)CCC2c3ccc(cc3C(=O)c3ccc(F)c(F)c3)CC(O)CCC(C)=CCCC21C)C(=O)C12CCC(C)(C(=O)O1)C2(C)C. The van der Waals surface area contributed by atoms with E-state index < -0.39 is 51.0 Å². The second-order valence-corrected chi connectivity index (χ2v) is 16.8. The second-order valence-electron chi connectivity index (χ2n) is 16.8. The Morgan fingerprint density at radius 3 is 2.37 bits per heavy atom. The Bertz CT molecular complexity index is 1770. The number of halogens is 2. The Kier molecular flexibility index (Phi) is 9.67. The van der Waals surface area contributed by atoms with Gasteiger partial charge < -0.3 is 19.8 Å². The van der Waals surface area contributed by atoms with E-state index in [0.29, 0.717) is 81.9 Å². The number of hydrogen-bond donors (Lipinski definition) is 2. The summed E-state index contributed by atoms with van der Waals surface area (Å²) < 4.78 is 34.3. The number of aliphatic hydroxyl groups is 2. The molecule has 1 aliphatic heterocycles. The van der Waals surface area contributed by atoms with Gasteiger partial charge in [-0.1, -0.05) is 51.5 Å². The molecule has 4 bridgehead atoms. The highest BCUT2D eigenvalue weighted by molar-refractivity contribution is 6.10. The van der Waals surface area contributed by atoms with E-state index in [1.165, 1.54) is 6.07 Å². The lowest BCUT2D eigenvalue weighted by Gasteiger charge is -2.47. The number of amides is 1. The Balaban J connectivity index is 1.43. The van der Waals surface area contributed by atoms with Crippen LogP contribution in [0.2, 0.25) is 0 Å². The summed E-state index contributed by atoms with van der Waals surface area (Å²) in [6.07, 6.45) is 6.78. The quantitative estimate of drug-likeness (QED) is 0.175. The molecule has 7 nitrogen and oxygen atoms in total. The molecule has 1 amide bonds. The standard InChI is InChI=1S/C42H53F2NO6/c1-7-21-45(36(48)42-20-19-40(6,37(49)51-42)38(42,3)4)25-41(50)18-16-32-30-14-11-27(22-29(46)13-10-26(2)9-8-17-39(32,41)5)23-31(30)35(47)28-12-15-33(43)34(44)24-28/h9,11-12,14-15,23-24,29,32,46,50H,7-8,10,13,16-22,25H2,1-6H3. The van der Waals surface area contributed by atoms with Gasteiger partial charge in [0.1, 0.15) is 0 Å². The Hall–Kier alpha value is -3.43. The molecule has 1 saturated heterocycles. The number of carbonyl (C=O) groups is 3. The van der Waals surface area contributed by atoms with Crippen LogP contribution in [0.25, 0.3) is 0 Å².